The Bertz CT molecular complexity index is 290. The van der Waals surface area contributed by atoms with Crippen molar-refractivity contribution < 1.29 is 4.79 Å². The Kier molecular flexibility index (Phi) is 2.47. The highest BCUT2D eigenvalue weighted by atomic mass is 16.1. The molecule has 0 fully saturated rings. The largest absolute Gasteiger partial charge is 0.311 e. The summed E-state index contributed by atoms with van der Waals surface area (Å²) in [6, 6.07) is 1.84. The molecule has 0 bridgehead atoms. The zero-order valence-electron chi connectivity index (χ0n) is 7.59. The summed E-state index contributed by atoms with van der Waals surface area (Å²) < 4.78 is 1.66. The highest BCUT2D eigenvalue weighted by Crippen LogP contribution is 2.07. The third-order valence-corrected chi connectivity index (χ3v) is 1.59. The van der Waals surface area contributed by atoms with Crippen LogP contribution in [-0.4, -0.2) is 15.7 Å². The first kappa shape index (κ1) is 8.77. The summed E-state index contributed by atoms with van der Waals surface area (Å²) in [5.74, 6) is 0.761. The number of hydrogen-bond acceptors (Lipinski definition) is 2. The third kappa shape index (κ3) is 1.84. The van der Waals surface area contributed by atoms with Gasteiger partial charge in [0.1, 0.15) is 5.82 Å². The van der Waals surface area contributed by atoms with E-state index >= 15 is 0 Å². The lowest BCUT2D eigenvalue weighted by atomic mass is 10.4. The number of aromatic nitrogens is 2. The summed E-state index contributed by atoms with van der Waals surface area (Å²) in [6.45, 7) is 3.71. The van der Waals surface area contributed by atoms with Crippen molar-refractivity contribution in [3.05, 3.63) is 11.8 Å². The maximum absolute atomic E-state index is 11.0. The third-order valence-electron chi connectivity index (χ3n) is 1.59. The molecule has 0 saturated carbocycles. The van der Waals surface area contributed by atoms with E-state index in [0.717, 1.165) is 11.5 Å². The van der Waals surface area contributed by atoms with E-state index in [-0.39, 0.29) is 5.91 Å². The van der Waals surface area contributed by atoms with Gasteiger partial charge in [0.2, 0.25) is 5.91 Å². The number of rotatable bonds is 2. The molecule has 4 heteroatoms. The molecule has 1 aromatic heterocycles. The zero-order valence-corrected chi connectivity index (χ0v) is 7.59. The van der Waals surface area contributed by atoms with Crippen LogP contribution in [0.1, 0.15) is 19.0 Å². The molecule has 0 saturated heterocycles. The van der Waals surface area contributed by atoms with Crippen molar-refractivity contribution in [2.45, 2.75) is 20.3 Å². The van der Waals surface area contributed by atoms with Crippen molar-refractivity contribution in [1.82, 2.24) is 9.78 Å². The predicted molar refractivity (Wildman–Crippen MR) is 46.9 cm³/mol. The van der Waals surface area contributed by atoms with Gasteiger partial charge in [-0.3, -0.25) is 9.48 Å². The average molecular weight is 167 g/mol. The fourth-order valence-corrected chi connectivity index (χ4v) is 0.959. The minimum atomic E-state index is 0.0120. The van der Waals surface area contributed by atoms with E-state index < -0.39 is 0 Å². The number of nitrogens with one attached hydrogen (secondary N) is 1. The van der Waals surface area contributed by atoms with Crippen molar-refractivity contribution in [3.63, 3.8) is 0 Å². The molecule has 66 valence electrons. The molecule has 1 aromatic rings. The van der Waals surface area contributed by atoms with Gasteiger partial charge in [0.15, 0.2) is 0 Å². The molecule has 0 unspecified atom stereocenters. The van der Waals surface area contributed by atoms with E-state index in [1.54, 1.807) is 11.7 Å². The van der Waals surface area contributed by atoms with Crippen LogP contribution in [0.2, 0.25) is 0 Å². The summed E-state index contributed by atoms with van der Waals surface area (Å²) in [5, 5.41) is 6.84. The van der Waals surface area contributed by atoms with E-state index in [4.69, 9.17) is 0 Å². The second-order valence-corrected chi connectivity index (χ2v) is 2.70. The van der Waals surface area contributed by atoms with E-state index in [1.165, 1.54) is 0 Å². The van der Waals surface area contributed by atoms with Crippen molar-refractivity contribution in [1.29, 1.82) is 0 Å². The summed E-state index contributed by atoms with van der Waals surface area (Å²) in [5.41, 5.74) is 0.906. The summed E-state index contributed by atoms with van der Waals surface area (Å²) in [6.07, 6.45) is 0.490. The molecule has 0 aliphatic carbocycles. The van der Waals surface area contributed by atoms with Crippen molar-refractivity contribution in [2.24, 2.45) is 7.05 Å². The predicted octanol–water partition coefficient (Wildman–Crippen LogP) is 1.08. The first-order chi connectivity index (χ1) is 5.63. The molecule has 4 nitrogen and oxygen atoms in total. The summed E-state index contributed by atoms with van der Waals surface area (Å²) in [7, 11) is 1.80. The van der Waals surface area contributed by atoms with Gasteiger partial charge in [0, 0.05) is 19.5 Å². The molecule has 0 spiro atoms. The second kappa shape index (κ2) is 3.38. The second-order valence-electron chi connectivity index (χ2n) is 2.70. The van der Waals surface area contributed by atoms with Crippen LogP contribution in [0.25, 0.3) is 0 Å². The van der Waals surface area contributed by atoms with Crippen LogP contribution in [0.3, 0.4) is 0 Å². The number of carbonyl (C=O) groups is 1. The van der Waals surface area contributed by atoms with Crippen molar-refractivity contribution in [2.75, 3.05) is 5.32 Å². The smallest absolute Gasteiger partial charge is 0.225 e. The average Bonchev–Trinajstić information content (AvgIpc) is 2.30. The Morgan fingerprint density at radius 3 is 2.83 bits per heavy atom. The molecule has 0 aromatic carbocycles. The van der Waals surface area contributed by atoms with Crippen LogP contribution in [0.4, 0.5) is 5.82 Å². The number of amides is 1. The van der Waals surface area contributed by atoms with Crippen LogP contribution >= 0.6 is 0 Å². The van der Waals surface area contributed by atoms with Gasteiger partial charge < -0.3 is 5.32 Å². The van der Waals surface area contributed by atoms with E-state index in [2.05, 4.69) is 10.4 Å². The van der Waals surface area contributed by atoms with Crippen molar-refractivity contribution in [3.8, 4) is 0 Å². The van der Waals surface area contributed by atoms with Crippen LogP contribution in [0, 0.1) is 6.92 Å². The minimum absolute atomic E-state index is 0.0120. The Labute approximate surface area is 71.6 Å². The molecular formula is C8H13N3O. The SMILES string of the molecule is CCC(=O)Nc1cc(C)nn1C. The van der Waals surface area contributed by atoms with E-state index in [9.17, 15) is 4.79 Å². The topological polar surface area (TPSA) is 46.9 Å². The van der Waals surface area contributed by atoms with Gasteiger partial charge >= 0.3 is 0 Å². The van der Waals surface area contributed by atoms with E-state index in [0.29, 0.717) is 6.42 Å². The van der Waals surface area contributed by atoms with Crippen LogP contribution in [0.5, 0.6) is 0 Å². The number of carbonyl (C=O) groups excluding carboxylic acids is 1. The highest BCUT2D eigenvalue weighted by molar-refractivity contribution is 5.89. The monoisotopic (exact) mass is 167 g/mol. The molecule has 1 rings (SSSR count). The van der Waals surface area contributed by atoms with Gasteiger partial charge in [0.25, 0.3) is 0 Å². The van der Waals surface area contributed by atoms with Gasteiger partial charge in [-0.15, -0.1) is 0 Å². The summed E-state index contributed by atoms with van der Waals surface area (Å²) >= 11 is 0. The highest BCUT2D eigenvalue weighted by Gasteiger charge is 2.03. The lowest BCUT2D eigenvalue weighted by molar-refractivity contribution is -0.115. The number of nitrogens with zero attached hydrogens (tertiary/aromatic N) is 2. The van der Waals surface area contributed by atoms with E-state index in [1.807, 2.05) is 19.9 Å². The molecule has 1 amide bonds. The first-order valence-corrected chi connectivity index (χ1v) is 3.94. The van der Waals surface area contributed by atoms with Gasteiger partial charge in [-0.1, -0.05) is 6.92 Å². The molecule has 0 radical (unpaired) electrons. The minimum Gasteiger partial charge on any atom is -0.311 e. The van der Waals surface area contributed by atoms with Gasteiger partial charge in [-0.25, -0.2) is 0 Å². The Morgan fingerprint density at radius 1 is 1.75 bits per heavy atom. The molecule has 1 N–H and O–H groups in total. The maximum atomic E-state index is 11.0. The molecule has 0 atom stereocenters. The first-order valence-electron chi connectivity index (χ1n) is 3.94. The number of anilines is 1. The van der Waals surface area contributed by atoms with Crippen molar-refractivity contribution >= 4 is 11.7 Å². The Hall–Kier alpha value is -1.32. The molecular weight excluding hydrogens is 154 g/mol. The lowest BCUT2D eigenvalue weighted by Crippen LogP contribution is -2.12. The fraction of sp³-hybridized carbons (Fsp3) is 0.500. The lowest BCUT2D eigenvalue weighted by Gasteiger charge is -2.01. The molecule has 1 heterocycles. The van der Waals surface area contributed by atoms with Gasteiger partial charge in [-0.2, -0.15) is 5.10 Å². The van der Waals surface area contributed by atoms with Gasteiger partial charge in [-0.05, 0) is 6.92 Å². The number of aryl methyl sites for hydroxylation is 2. The quantitative estimate of drug-likeness (QED) is 0.716. The van der Waals surface area contributed by atoms with Crippen LogP contribution < -0.4 is 5.32 Å². The summed E-state index contributed by atoms with van der Waals surface area (Å²) in [4.78, 5) is 11.0. The normalized spacial score (nSPS) is 9.92. The molecule has 12 heavy (non-hydrogen) atoms. The number of hydrogen-bond donors (Lipinski definition) is 1. The van der Waals surface area contributed by atoms with Gasteiger partial charge in [0.05, 0.1) is 5.69 Å². The Morgan fingerprint density at radius 2 is 2.42 bits per heavy atom. The zero-order chi connectivity index (χ0) is 9.14. The molecule has 0 aliphatic heterocycles. The van der Waals surface area contributed by atoms with Crippen LogP contribution in [-0.2, 0) is 11.8 Å². The standard InChI is InChI=1S/C8H13N3O/c1-4-8(12)9-7-5-6(2)10-11(7)3/h5H,4H2,1-3H3,(H,9,12). The molecule has 0 aliphatic rings. The van der Waals surface area contributed by atoms with Crippen LogP contribution in [0.15, 0.2) is 6.07 Å². The Balaban J connectivity index is 2.75. The maximum Gasteiger partial charge on any atom is 0.225 e. The fourth-order valence-electron chi connectivity index (χ4n) is 0.959.